The van der Waals surface area contributed by atoms with Crippen LogP contribution in [-0.4, -0.2) is 35.6 Å². The molecule has 19 heavy (non-hydrogen) atoms. The van der Waals surface area contributed by atoms with Crippen LogP contribution in [-0.2, 0) is 12.8 Å². The smallest absolute Gasteiger partial charge is 0.135 e. The van der Waals surface area contributed by atoms with Crippen LogP contribution in [0.1, 0.15) is 43.9 Å². The van der Waals surface area contributed by atoms with Gasteiger partial charge < -0.3 is 10.2 Å². The molecule has 1 saturated heterocycles. The molecule has 0 saturated carbocycles. The second-order valence-electron chi connectivity index (χ2n) is 5.66. The Labute approximate surface area is 115 Å². The maximum absolute atomic E-state index is 4.57. The maximum atomic E-state index is 4.57. The highest BCUT2D eigenvalue weighted by atomic mass is 15.2. The van der Waals surface area contributed by atoms with E-state index in [9.17, 15) is 0 Å². The Hall–Kier alpha value is -1.16. The van der Waals surface area contributed by atoms with Crippen LogP contribution in [0, 0.1) is 0 Å². The molecular weight excluding hydrogens is 236 g/mol. The van der Waals surface area contributed by atoms with Gasteiger partial charge in [0.05, 0.1) is 0 Å². The molecule has 4 nitrogen and oxygen atoms in total. The summed E-state index contributed by atoms with van der Waals surface area (Å²) in [6.07, 6.45) is 9.24. The standard InChI is InChI=1S/C15H24N4/c1-2-19(10-12-6-3-4-9-16-12)15-13-7-5-8-14(13)17-11-18-15/h11-12,16H,2-10H2,1H3. The molecule has 0 bridgehead atoms. The van der Waals surface area contributed by atoms with E-state index in [1.165, 1.54) is 49.3 Å². The highest BCUT2D eigenvalue weighted by Crippen LogP contribution is 2.28. The zero-order chi connectivity index (χ0) is 13.1. The van der Waals surface area contributed by atoms with Crippen molar-refractivity contribution >= 4 is 5.82 Å². The van der Waals surface area contributed by atoms with Crippen molar-refractivity contribution in [3.8, 4) is 0 Å². The van der Waals surface area contributed by atoms with Crippen LogP contribution in [0.4, 0.5) is 5.82 Å². The molecule has 3 rings (SSSR count). The van der Waals surface area contributed by atoms with Gasteiger partial charge in [-0.25, -0.2) is 9.97 Å². The molecule has 0 radical (unpaired) electrons. The van der Waals surface area contributed by atoms with Gasteiger partial charge in [-0.2, -0.15) is 0 Å². The molecule has 1 aliphatic heterocycles. The van der Waals surface area contributed by atoms with E-state index in [0.29, 0.717) is 6.04 Å². The molecular formula is C15H24N4. The molecule has 104 valence electrons. The molecule has 1 atom stereocenters. The minimum absolute atomic E-state index is 0.626. The molecule has 1 fully saturated rings. The first-order valence-electron chi connectivity index (χ1n) is 7.69. The van der Waals surface area contributed by atoms with Crippen LogP contribution in [0.3, 0.4) is 0 Å². The Balaban J connectivity index is 1.76. The van der Waals surface area contributed by atoms with E-state index in [1.54, 1.807) is 6.33 Å². The predicted octanol–water partition coefficient (Wildman–Crippen LogP) is 1.93. The summed E-state index contributed by atoms with van der Waals surface area (Å²) < 4.78 is 0. The van der Waals surface area contributed by atoms with E-state index in [-0.39, 0.29) is 0 Å². The zero-order valence-electron chi connectivity index (χ0n) is 11.9. The summed E-state index contributed by atoms with van der Waals surface area (Å²) in [5.41, 5.74) is 2.68. The lowest BCUT2D eigenvalue weighted by atomic mass is 10.0. The molecule has 1 unspecified atom stereocenters. The molecule has 2 heterocycles. The number of likely N-dealkylation sites (N-methyl/N-ethyl adjacent to an activating group) is 1. The van der Waals surface area contributed by atoms with Crippen molar-refractivity contribution in [2.24, 2.45) is 0 Å². The Morgan fingerprint density at radius 3 is 3.00 bits per heavy atom. The van der Waals surface area contributed by atoms with Gasteiger partial charge in [0.2, 0.25) is 0 Å². The normalized spacial score (nSPS) is 22.3. The summed E-state index contributed by atoms with van der Waals surface area (Å²) in [6, 6.07) is 0.626. The van der Waals surface area contributed by atoms with Crippen LogP contribution in [0.15, 0.2) is 6.33 Å². The highest BCUT2D eigenvalue weighted by molar-refractivity contribution is 5.50. The lowest BCUT2D eigenvalue weighted by Gasteiger charge is -2.31. The van der Waals surface area contributed by atoms with Gasteiger partial charge in [-0.1, -0.05) is 6.42 Å². The minimum Gasteiger partial charge on any atom is -0.355 e. The summed E-state index contributed by atoms with van der Waals surface area (Å²) in [4.78, 5) is 11.4. The van der Waals surface area contributed by atoms with Crippen molar-refractivity contribution in [3.05, 3.63) is 17.6 Å². The number of fused-ring (bicyclic) bond motifs is 1. The van der Waals surface area contributed by atoms with Crippen LogP contribution in [0.2, 0.25) is 0 Å². The second-order valence-corrected chi connectivity index (χ2v) is 5.66. The van der Waals surface area contributed by atoms with Gasteiger partial charge in [-0.15, -0.1) is 0 Å². The van der Waals surface area contributed by atoms with E-state index in [2.05, 4.69) is 27.1 Å². The fraction of sp³-hybridized carbons (Fsp3) is 0.733. The van der Waals surface area contributed by atoms with Gasteiger partial charge in [-0.3, -0.25) is 0 Å². The fourth-order valence-corrected chi connectivity index (χ4v) is 3.33. The largest absolute Gasteiger partial charge is 0.355 e. The number of nitrogens with zero attached hydrogens (tertiary/aromatic N) is 3. The third-order valence-electron chi connectivity index (χ3n) is 4.39. The number of piperidine rings is 1. The second kappa shape index (κ2) is 5.87. The third kappa shape index (κ3) is 2.73. The summed E-state index contributed by atoms with van der Waals surface area (Å²) in [5, 5.41) is 3.64. The predicted molar refractivity (Wildman–Crippen MR) is 77.6 cm³/mol. The summed E-state index contributed by atoms with van der Waals surface area (Å²) in [5.74, 6) is 1.19. The van der Waals surface area contributed by atoms with Gasteiger partial charge in [0.25, 0.3) is 0 Å². The number of anilines is 1. The first-order valence-corrected chi connectivity index (χ1v) is 7.69. The fourth-order valence-electron chi connectivity index (χ4n) is 3.33. The monoisotopic (exact) mass is 260 g/mol. The van der Waals surface area contributed by atoms with E-state index in [4.69, 9.17) is 0 Å². The van der Waals surface area contributed by atoms with Crippen LogP contribution in [0.5, 0.6) is 0 Å². The molecule has 1 aromatic heterocycles. The van der Waals surface area contributed by atoms with E-state index in [1.807, 2.05) is 0 Å². The molecule has 4 heteroatoms. The minimum atomic E-state index is 0.626. The molecule has 1 N–H and O–H groups in total. The molecule has 0 amide bonds. The number of rotatable bonds is 4. The number of hydrogen-bond donors (Lipinski definition) is 1. The maximum Gasteiger partial charge on any atom is 0.135 e. The van der Waals surface area contributed by atoms with Crippen molar-refractivity contribution < 1.29 is 0 Å². The van der Waals surface area contributed by atoms with Gasteiger partial charge in [0, 0.05) is 30.4 Å². The van der Waals surface area contributed by atoms with E-state index >= 15 is 0 Å². The molecule has 1 aliphatic carbocycles. The molecule has 0 spiro atoms. The van der Waals surface area contributed by atoms with Gasteiger partial charge in [0.15, 0.2) is 0 Å². The number of hydrogen-bond acceptors (Lipinski definition) is 4. The Kier molecular flexibility index (Phi) is 3.97. The Morgan fingerprint density at radius 1 is 1.26 bits per heavy atom. The first kappa shape index (κ1) is 12.9. The topological polar surface area (TPSA) is 41.0 Å². The zero-order valence-corrected chi connectivity index (χ0v) is 11.9. The number of aromatic nitrogens is 2. The van der Waals surface area contributed by atoms with E-state index in [0.717, 1.165) is 25.9 Å². The third-order valence-corrected chi connectivity index (χ3v) is 4.39. The summed E-state index contributed by atoms with van der Waals surface area (Å²) >= 11 is 0. The van der Waals surface area contributed by atoms with Crippen molar-refractivity contribution in [2.75, 3.05) is 24.5 Å². The van der Waals surface area contributed by atoms with Crippen LogP contribution >= 0.6 is 0 Å². The van der Waals surface area contributed by atoms with Crippen LogP contribution in [0.25, 0.3) is 0 Å². The number of aryl methyl sites for hydroxylation is 1. The average molecular weight is 260 g/mol. The Morgan fingerprint density at radius 2 is 2.21 bits per heavy atom. The van der Waals surface area contributed by atoms with E-state index < -0.39 is 0 Å². The van der Waals surface area contributed by atoms with Gasteiger partial charge in [0.1, 0.15) is 12.1 Å². The SMILES string of the molecule is CCN(CC1CCCCN1)c1ncnc2c1CCC2. The van der Waals surface area contributed by atoms with Gasteiger partial charge >= 0.3 is 0 Å². The lowest BCUT2D eigenvalue weighted by molar-refractivity contribution is 0.399. The number of nitrogens with one attached hydrogen (secondary N) is 1. The average Bonchev–Trinajstić information content (AvgIpc) is 2.94. The molecule has 0 aromatic carbocycles. The molecule has 2 aliphatic rings. The van der Waals surface area contributed by atoms with Crippen molar-refractivity contribution in [1.29, 1.82) is 0 Å². The van der Waals surface area contributed by atoms with Crippen molar-refractivity contribution in [3.63, 3.8) is 0 Å². The van der Waals surface area contributed by atoms with Crippen molar-refractivity contribution in [2.45, 2.75) is 51.5 Å². The highest BCUT2D eigenvalue weighted by Gasteiger charge is 2.22. The Bertz CT molecular complexity index is 426. The van der Waals surface area contributed by atoms with Crippen LogP contribution < -0.4 is 10.2 Å². The lowest BCUT2D eigenvalue weighted by Crippen LogP contribution is -2.44. The summed E-state index contributed by atoms with van der Waals surface area (Å²) in [7, 11) is 0. The first-order chi connectivity index (χ1) is 9.38. The summed E-state index contributed by atoms with van der Waals surface area (Å²) in [6.45, 7) is 5.51. The quantitative estimate of drug-likeness (QED) is 0.898. The van der Waals surface area contributed by atoms with Crippen molar-refractivity contribution in [1.82, 2.24) is 15.3 Å². The van der Waals surface area contributed by atoms with Gasteiger partial charge in [-0.05, 0) is 45.6 Å². The molecule has 1 aromatic rings.